The molecule has 0 bridgehead atoms. The Bertz CT molecular complexity index is 1320. The molecule has 4 aromatic rings. The van der Waals surface area contributed by atoms with Crippen molar-refractivity contribution in [1.29, 1.82) is 0 Å². The van der Waals surface area contributed by atoms with Gasteiger partial charge in [0, 0.05) is 25.6 Å². The smallest absolute Gasteiger partial charge is 0.318 e. The van der Waals surface area contributed by atoms with Gasteiger partial charge < -0.3 is 15.5 Å². The van der Waals surface area contributed by atoms with Crippen molar-refractivity contribution in [3.05, 3.63) is 120 Å². The molecular weight excluding hydrogens is 446 g/mol. The molecule has 5 heteroatoms. The van der Waals surface area contributed by atoms with Crippen molar-refractivity contribution in [3.63, 3.8) is 0 Å². The molecule has 3 amide bonds. The Hall–Kier alpha value is -4.12. The van der Waals surface area contributed by atoms with Crippen LogP contribution in [0, 0.1) is 0 Å². The molecule has 0 aliphatic carbocycles. The van der Waals surface area contributed by atoms with Crippen LogP contribution in [0.4, 0.5) is 4.79 Å². The first-order valence-corrected chi connectivity index (χ1v) is 12.6. The monoisotopic (exact) mass is 477 g/mol. The molecule has 0 unspecified atom stereocenters. The Morgan fingerprint density at radius 3 is 2.28 bits per heavy atom. The lowest BCUT2D eigenvalue weighted by Crippen LogP contribution is -2.49. The molecule has 1 aliphatic rings. The molecule has 2 atom stereocenters. The summed E-state index contributed by atoms with van der Waals surface area (Å²) in [5.41, 5.74) is 3.39. The van der Waals surface area contributed by atoms with Crippen molar-refractivity contribution in [2.75, 3.05) is 13.1 Å². The number of likely N-dealkylation sites (tertiary alicyclic amines) is 1. The van der Waals surface area contributed by atoms with Crippen molar-refractivity contribution >= 4 is 22.7 Å². The van der Waals surface area contributed by atoms with Gasteiger partial charge in [0.05, 0.1) is 0 Å². The van der Waals surface area contributed by atoms with Crippen LogP contribution in [0.3, 0.4) is 0 Å². The number of fused-ring (bicyclic) bond motifs is 1. The molecule has 5 nitrogen and oxygen atoms in total. The van der Waals surface area contributed by atoms with Crippen LogP contribution in [0.1, 0.15) is 29.0 Å². The standard InChI is InChI=1S/C31H31N3O2/c35-30(32-19-18-23-10-3-1-4-11-23)29-20-27(24-12-5-2-6-13-24)22-34(29)31(36)33-21-26-16-9-15-25-14-7-8-17-28(25)26/h1-17,27,29H,18-22H2,(H,32,35)(H,33,36)/t27-,29+/m1/s1. The third-order valence-electron chi connectivity index (χ3n) is 7.00. The van der Waals surface area contributed by atoms with E-state index in [9.17, 15) is 9.59 Å². The molecule has 5 rings (SSSR count). The Kier molecular flexibility index (Phi) is 7.27. The molecule has 1 fully saturated rings. The van der Waals surface area contributed by atoms with Crippen molar-refractivity contribution in [2.24, 2.45) is 0 Å². The van der Waals surface area contributed by atoms with Gasteiger partial charge in [-0.3, -0.25) is 4.79 Å². The molecule has 0 spiro atoms. The largest absolute Gasteiger partial charge is 0.354 e. The van der Waals surface area contributed by atoms with Gasteiger partial charge in [0.2, 0.25) is 5.91 Å². The lowest BCUT2D eigenvalue weighted by atomic mass is 9.96. The highest BCUT2D eigenvalue weighted by atomic mass is 16.2. The third-order valence-corrected chi connectivity index (χ3v) is 7.00. The average molecular weight is 478 g/mol. The van der Waals surface area contributed by atoms with Crippen LogP contribution in [-0.2, 0) is 17.8 Å². The summed E-state index contributed by atoms with van der Waals surface area (Å²) in [6.45, 7) is 1.47. The molecule has 0 saturated carbocycles. The van der Waals surface area contributed by atoms with Gasteiger partial charge in [-0.05, 0) is 40.3 Å². The van der Waals surface area contributed by atoms with Crippen LogP contribution >= 0.6 is 0 Å². The van der Waals surface area contributed by atoms with Crippen LogP contribution < -0.4 is 10.6 Å². The van der Waals surface area contributed by atoms with Crippen LogP contribution in [0.2, 0.25) is 0 Å². The topological polar surface area (TPSA) is 61.4 Å². The van der Waals surface area contributed by atoms with Gasteiger partial charge in [-0.15, -0.1) is 0 Å². The number of benzene rings is 4. The number of carbonyl (C=O) groups excluding carboxylic acids is 2. The zero-order valence-electron chi connectivity index (χ0n) is 20.3. The van der Waals surface area contributed by atoms with E-state index in [0.717, 1.165) is 28.3 Å². The van der Waals surface area contributed by atoms with E-state index in [1.807, 2.05) is 60.7 Å². The minimum Gasteiger partial charge on any atom is -0.354 e. The van der Waals surface area contributed by atoms with Crippen molar-refractivity contribution in [3.8, 4) is 0 Å². The fraction of sp³-hybridized carbons (Fsp3) is 0.226. The van der Waals surface area contributed by atoms with Gasteiger partial charge >= 0.3 is 6.03 Å². The van der Waals surface area contributed by atoms with E-state index in [2.05, 4.69) is 53.1 Å². The quantitative estimate of drug-likeness (QED) is 0.381. The number of nitrogens with zero attached hydrogens (tertiary/aromatic N) is 1. The zero-order valence-corrected chi connectivity index (χ0v) is 20.3. The molecule has 2 N–H and O–H groups in total. The Morgan fingerprint density at radius 2 is 1.47 bits per heavy atom. The summed E-state index contributed by atoms with van der Waals surface area (Å²) in [6, 6.07) is 33.8. The first kappa shape index (κ1) is 23.6. The molecule has 4 aromatic carbocycles. The van der Waals surface area contributed by atoms with Crippen LogP contribution in [0.5, 0.6) is 0 Å². The molecule has 182 valence electrons. The van der Waals surface area contributed by atoms with Gasteiger partial charge in [0.15, 0.2) is 0 Å². The first-order chi connectivity index (χ1) is 17.7. The molecule has 1 saturated heterocycles. The van der Waals surface area contributed by atoms with Gasteiger partial charge in [0.25, 0.3) is 0 Å². The molecule has 36 heavy (non-hydrogen) atoms. The highest BCUT2D eigenvalue weighted by Gasteiger charge is 2.40. The predicted octanol–water partition coefficient (Wildman–Crippen LogP) is 5.27. The SMILES string of the molecule is O=C(NCCc1ccccc1)[C@@H]1C[C@@H](c2ccccc2)CN1C(=O)NCc1cccc2ccccc12. The Balaban J connectivity index is 1.28. The second-order valence-electron chi connectivity index (χ2n) is 9.34. The van der Waals surface area contributed by atoms with Gasteiger partial charge in [-0.2, -0.15) is 0 Å². The highest BCUT2D eigenvalue weighted by molar-refractivity contribution is 5.89. The van der Waals surface area contributed by atoms with Crippen LogP contribution in [0.25, 0.3) is 10.8 Å². The third kappa shape index (κ3) is 5.41. The van der Waals surface area contributed by atoms with E-state index in [-0.39, 0.29) is 17.9 Å². The van der Waals surface area contributed by atoms with Gasteiger partial charge in [-0.25, -0.2) is 4.79 Å². The normalized spacial score (nSPS) is 17.2. The van der Waals surface area contributed by atoms with Crippen molar-refractivity contribution < 1.29 is 9.59 Å². The number of urea groups is 1. The summed E-state index contributed by atoms with van der Waals surface area (Å²) in [5, 5.41) is 8.41. The second-order valence-corrected chi connectivity index (χ2v) is 9.34. The maximum atomic E-state index is 13.4. The molecular formula is C31H31N3O2. The summed E-state index contributed by atoms with van der Waals surface area (Å²) in [4.78, 5) is 28.3. The predicted molar refractivity (Wildman–Crippen MR) is 144 cm³/mol. The van der Waals surface area contributed by atoms with Crippen LogP contribution in [-0.4, -0.2) is 36.0 Å². The maximum Gasteiger partial charge on any atom is 0.318 e. The van der Waals surface area contributed by atoms with E-state index in [4.69, 9.17) is 0 Å². The van der Waals surface area contributed by atoms with Crippen LogP contribution in [0.15, 0.2) is 103 Å². The summed E-state index contributed by atoms with van der Waals surface area (Å²) >= 11 is 0. The number of hydrogen-bond donors (Lipinski definition) is 2. The van der Waals surface area contributed by atoms with E-state index in [1.54, 1.807) is 4.90 Å². The van der Waals surface area contributed by atoms with E-state index in [1.165, 1.54) is 5.56 Å². The number of hydrogen-bond acceptors (Lipinski definition) is 2. The van der Waals surface area contributed by atoms with E-state index < -0.39 is 6.04 Å². The van der Waals surface area contributed by atoms with E-state index >= 15 is 0 Å². The maximum absolute atomic E-state index is 13.4. The average Bonchev–Trinajstić information content (AvgIpc) is 3.39. The Labute approximate surface area is 212 Å². The number of rotatable bonds is 7. The molecule has 1 heterocycles. The number of amides is 3. The van der Waals surface area contributed by atoms with Gasteiger partial charge in [0.1, 0.15) is 6.04 Å². The van der Waals surface area contributed by atoms with Crippen molar-refractivity contribution in [2.45, 2.75) is 31.3 Å². The lowest BCUT2D eigenvalue weighted by molar-refractivity contribution is -0.124. The molecule has 1 aliphatic heterocycles. The Morgan fingerprint density at radius 1 is 0.778 bits per heavy atom. The lowest BCUT2D eigenvalue weighted by Gasteiger charge is -2.24. The zero-order chi connectivity index (χ0) is 24.7. The van der Waals surface area contributed by atoms with Gasteiger partial charge in [-0.1, -0.05) is 103 Å². The number of nitrogens with one attached hydrogen (secondary N) is 2. The van der Waals surface area contributed by atoms with E-state index in [0.29, 0.717) is 26.1 Å². The molecule has 0 radical (unpaired) electrons. The first-order valence-electron chi connectivity index (χ1n) is 12.6. The summed E-state index contributed by atoms with van der Waals surface area (Å²) in [5.74, 6) is 0.0315. The second kappa shape index (κ2) is 11.1. The fourth-order valence-corrected chi connectivity index (χ4v) is 5.09. The summed E-state index contributed by atoms with van der Waals surface area (Å²) in [7, 11) is 0. The molecule has 0 aromatic heterocycles. The number of carbonyl (C=O) groups is 2. The summed E-state index contributed by atoms with van der Waals surface area (Å²) in [6.07, 6.45) is 1.37. The minimum absolute atomic E-state index is 0.0929. The minimum atomic E-state index is -0.501. The van der Waals surface area contributed by atoms with Crippen molar-refractivity contribution in [1.82, 2.24) is 15.5 Å². The fourth-order valence-electron chi connectivity index (χ4n) is 5.09. The summed E-state index contributed by atoms with van der Waals surface area (Å²) < 4.78 is 0. The highest BCUT2D eigenvalue weighted by Crippen LogP contribution is 2.32.